The molecule has 1 amide bonds. The number of hydrogen-bond donors (Lipinski definition) is 1. The number of aliphatic hydroxyl groups is 1. The third-order valence-electron chi connectivity index (χ3n) is 4.90. The summed E-state index contributed by atoms with van der Waals surface area (Å²) < 4.78 is 27.5. The third kappa shape index (κ3) is 2.73. The number of nitrogens with zero attached hydrogens (tertiary/aromatic N) is 2. The van der Waals surface area contributed by atoms with Crippen LogP contribution < -0.4 is 0 Å². The molecule has 27 heavy (non-hydrogen) atoms. The summed E-state index contributed by atoms with van der Waals surface area (Å²) in [6, 6.07) is 13.4. The third-order valence-corrected chi connectivity index (χ3v) is 6.12. The van der Waals surface area contributed by atoms with Crippen molar-refractivity contribution in [3.05, 3.63) is 81.9 Å². The summed E-state index contributed by atoms with van der Waals surface area (Å²) in [6.45, 7) is 0. The van der Waals surface area contributed by atoms with Gasteiger partial charge in [0, 0.05) is 17.9 Å². The van der Waals surface area contributed by atoms with E-state index in [4.69, 9.17) is 0 Å². The van der Waals surface area contributed by atoms with Gasteiger partial charge >= 0.3 is 0 Å². The molecular formula is C20H14F2N2O2S. The quantitative estimate of drug-likeness (QED) is 0.859. The van der Waals surface area contributed by atoms with Gasteiger partial charge in [-0.25, -0.2) is 8.78 Å². The van der Waals surface area contributed by atoms with E-state index in [2.05, 4.69) is 6.07 Å². The fourth-order valence-electron chi connectivity index (χ4n) is 3.58. The molecule has 0 unspecified atom stereocenters. The topological polar surface area (TPSA) is 64.3 Å². The van der Waals surface area contributed by atoms with Crippen molar-refractivity contribution in [2.24, 2.45) is 0 Å². The number of nitriles is 1. The van der Waals surface area contributed by atoms with Crippen LogP contribution in [0.3, 0.4) is 0 Å². The van der Waals surface area contributed by atoms with Gasteiger partial charge in [-0.2, -0.15) is 5.26 Å². The van der Waals surface area contributed by atoms with Crippen LogP contribution in [0, 0.1) is 23.0 Å². The van der Waals surface area contributed by atoms with Crippen LogP contribution in [0.4, 0.5) is 8.78 Å². The maximum absolute atomic E-state index is 14.3. The summed E-state index contributed by atoms with van der Waals surface area (Å²) in [6.07, 6.45) is -0.128. The average molecular weight is 384 g/mol. The normalized spacial score (nSPS) is 24.7. The molecule has 0 aliphatic carbocycles. The van der Waals surface area contributed by atoms with E-state index < -0.39 is 29.2 Å². The molecule has 4 nitrogen and oxygen atoms in total. The Morgan fingerprint density at radius 1 is 1.19 bits per heavy atom. The zero-order valence-electron chi connectivity index (χ0n) is 14.0. The monoisotopic (exact) mass is 384 g/mol. The second-order valence-corrected chi connectivity index (χ2v) is 7.41. The van der Waals surface area contributed by atoms with Gasteiger partial charge in [-0.15, -0.1) is 11.8 Å². The Kier molecular flexibility index (Phi) is 4.25. The predicted molar refractivity (Wildman–Crippen MR) is 96.0 cm³/mol. The van der Waals surface area contributed by atoms with E-state index in [1.807, 2.05) is 0 Å². The lowest BCUT2D eigenvalue weighted by Crippen LogP contribution is -2.48. The first-order valence-corrected chi connectivity index (χ1v) is 9.27. The molecule has 1 N–H and O–H groups in total. The minimum atomic E-state index is -1.67. The Bertz CT molecular complexity index is 1000. The van der Waals surface area contributed by atoms with Crippen LogP contribution in [-0.2, 0) is 10.5 Å². The molecule has 0 aromatic heterocycles. The molecule has 2 aromatic carbocycles. The number of carbonyl (C=O) groups is 1. The molecule has 2 heterocycles. The Balaban J connectivity index is 1.83. The van der Waals surface area contributed by atoms with Crippen LogP contribution in [0.15, 0.2) is 59.1 Å². The minimum Gasteiger partial charge on any atom is -0.366 e. The number of amides is 1. The van der Waals surface area contributed by atoms with Gasteiger partial charge in [0.25, 0.3) is 0 Å². The summed E-state index contributed by atoms with van der Waals surface area (Å²) >= 11 is 1.17. The van der Waals surface area contributed by atoms with E-state index >= 15 is 0 Å². The van der Waals surface area contributed by atoms with Crippen LogP contribution in [0.2, 0.25) is 0 Å². The fourth-order valence-corrected chi connectivity index (χ4v) is 4.94. The molecule has 1 fully saturated rings. The first kappa shape index (κ1) is 17.7. The van der Waals surface area contributed by atoms with Crippen LogP contribution in [-0.4, -0.2) is 21.7 Å². The molecule has 136 valence electrons. The maximum atomic E-state index is 14.3. The van der Waals surface area contributed by atoms with Crippen molar-refractivity contribution in [2.45, 2.75) is 18.1 Å². The van der Waals surface area contributed by atoms with Gasteiger partial charge in [0.15, 0.2) is 5.72 Å². The first-order valence-electron chi connectivity index (χ1n) is 8.28. The van der Waals surface area contributed by atoms with Crippen molar-refractivity contribution in [3.63, 3.8) is 0 Å². The highest BCUT2D eigenvalue weighted by atomic mass is 32.2. The van der Waals surface area contributed by atoms with E-state index in [1.165, 1.54) is 47.0 Å². The van der Waals surface area contributed by atoms with Gasteiger partial charge in [0.05, 0.1) is 22.4 Å². The van der Waals surface area contributed by atoms with E-state index in [-0.39, 0.29) is 23.3 Å². The van der Waals surface area contributed by atoms with Crippen molar-refractivity contribution in [1.29, 1.82) is 5.26 Å². The van der Waals surface area contributed by atoms with E-state index in [0.717, 1.165) is 0 Å². The summed E-state index contributed by atoms with van der Waals surface area (Å²) in [4.78, 5) is 14.1. The lowest BCUT2D eigenvalue weighted by atomic mass is 9.85. The fraction of sp³-hybridized carbons (Fsp3) is 0.200. The number of hydrogen-bond acceptors (Lipinski definition) is 4. The van der Waals surface area contributed by atoms with Crippen LogP contribution in [0.5, 0.6) is 0 Å². The molecule has 0 saturated carbocycles. The van der Waals surface area contributed by atoms with Crippen molar-refractivity contribution in [3.8, 4) is 6.07 Å². The minimum absolute atomic E-state index is 0.106. The number of fused-ring (bicyclic) bond motifs is 1. The van der Waals surface area contributed by atoms with Crippen LogP contribution in [0.25, 0.3) is 0 Å². The maximum Gasteiger partial charge on any atom is 0.231 e. The number of halogens is 2. The Labute approximate surface area is 158 Å². The molecule has 2 atom stereocenters. The molecular weight excluding hydrogens is 370 g/mol. The highest BCUT2D eigenvalue weighted by Crippen LogP contribution is 2.51. The molecule has 2 aromatic rings. The van der Waals surface area contributed by atoms with Crippen molar-refractivity contribution >= 4 is 17.7 Å². The number of benzene rings is 2. The molecule has 0 radical (unpaired) electrons. The van der Waals surface area contributed by atoms with E-state index in [9.17, 15) is 23.9 Å². The van der Waals surface area contributed by atoms with Gasteiger partial charge < -0.3 is 5.11 Å². The lowest BCUT2D eigenvalue weighted by molar-refractivity contribution is -0.149. The summed E-state index contributed by atoms with van der Waals surface area (Å²) in [5, 5.41) is 21.2. The van der Waals surface area contributed by atoms with Gasteiger partial charge in [0.1, 0.15) is 11.6 Å². The zero-order valence-corrected chi connectivity index (χ0v) is 14.8. The van der Waals surface area contributed by atoms with Crippen molar-refractivity contribution in [2.75, 3.05) is 5.75 Å². The molecule has 7 heteroatoms. The molecule has 1 saturated heterocycles. The van der Waals surface area contributed by atoms with Gasteiger partial charge in [-0.3, -0.25) is 9.69 Å². The second-order valence-electron chi connectivity index (χ2n) is 6.45. The number of rotatable bonds is 2. The average Bonchev–Trinajstić information content (AvgIpc) is 3.02. The molecule has 2 aliphatic rings. The highest BCUT2D eigenvalue weighted by molar-refractivity contribution is 8.03. The van der Waals surface area contributed by atoms with Gasteiger partial charge in [-0.1, -0.05) is 30.3 Å². The Morgan fingerprint density at radius 3 is 2.56 bits per heavy atom. The SMILES string of the molecule is N#CC1=C2SC[C@](O)(c3ccc(F)cc3)N2C(=O)C[C@H]1c1ccccc1F. The van der Waals surface area contributed by atoms with Gasteiger partial charge in [0.2, 0.25) is 5.91 Å². The molecule has 0 bridgehead atoms. The lowest BCUT2D eigenvalue weighted by Gasteiger charge is -2.38. The Morgan fingerprint density at radius 2 is 1.89 bits per heavy atom. The second kappa shape index (κ2) is 6.48. The smallest absolute Gasteiger partial charge is 0.231 e. The van der Waals surface area contributed by atoms with Crippen LogP contribution >= 0.6 is 11.8 Å². The summed E-state index contributed by atoms with van der Waals surface area (Å²) in [5.41, 5.74) is -0.774. The van der Waals surface area contributed by atoms with E-state index in [1.54, 1.807) is 18.2 Å². The Hall–Kier alpha value is -2.69. The number of carbonyl (C=O) groups excluding carboxylic acids is 1. The van der Waals surface area contributed by atoms with Crippen molar-refractivity contribution < 1.29 is 18.7 Å². The van der Waals surface area contributed by atoms with Gasteiger partial charge in [-0.05, 0) is 23.8 Å². The molecule has 2 aliphatic heterocycles. The van der Waals surface area contributed by atoms with E-state index in [0.29, 0.717) is 10.6 Å². The number of allylic oxidation sites excluding steroid dienone is 1. The highest BCUT2D eigenvalue weighted by Gasteiger charge is 2.52. The largest absolute Gasteiger partial charge is 0.366 e. The van der Waals surface area contributed by atoms with Crippen LogP contribution in [0.1, 0.15) is 23.5 Å². The summed E-state index contributed by atoms with van der Waals surface area (Å²) in [7, 11) is 0. The zero-order chi connectivity index (χ0) is 19.2. The molecule has 0 spiro atoms. The van der Waals surface area contributed by atoms with Crippen molar-refractivity contribution in [1.82, 2.24) is 4.90 Å². The first-order chi connectivity index (χ1) is 13.0. The number of thioether (sulfide) groups is 1. The standard InChI is InChI=1S/C20H14F2N2O2S/c21-13-7-5-12(6-8-13)20(26)11-27-19-16(10-23)15(9-18(25)24(19)20)14-3-1-2-4-17(14)22/h1-8,15,26H,9,11H2/t15-,20-/m0/s1. The predicted octanol–water partition coefficient (Wildman–Crippen LogP) is 3.61. The summed E-state index contributed by atoms with van der Waals surface area (Å²) in [5.74, 6) is -1.93. The molecule has 4 rings (SSSR count).